The first-order chi connectivity index (χ1) is 10.2. The molecular weight excluding hydrogens is 260 g/mol. The first-order valence-electron chi connectivity index (χ1n) is 7.51. The minimum absolute atomic E-state index is 0.281. The minimum atomic E-state index is 0.281. The lowest BCUT2D eigenvalue weighted by Gasteiger charge is -2.20. The Morgan fingerprint density at radius 3 is 2.62 bits per heavy atom. The number of aromatic nitrogens is 1. The molecule has 0 amide bonds. The van der Waals surface area contributed by atoms with Crippen molar-refractivity contribution in [3.63, 3.8) is 0 Å². The molecule has 1 aromatic heterocycles. The van der Waals surface area contributed by atoms with Crippen LogP contribution < -0.4 is 10.1 Å². The highest BCUT2D eigenvalue weighted by atomic mass is 16.5. The molecule has 0 aliphatic rings. The summed E-state index contributed by atoms with van der Waals surface area (Å²) in [5.41, 5.74) is 3.76. The zero-order chi connectivity index (χ0) is 15.1. The molecule has 0 saturated carbocycles. The van der Waals surface area contributed by atoms with Gasteiger partial charge in [-0.3, -0.25) is 4.98 Å². The maximum Gasteiger partial charge on any atom is 0.122 e. The summed E-state index contributed by atoms with van der Waals surface area (Å²) in [6, 6.07) is 10.8. The van der Waals surface area contributed by atoms with Gasteiger partial charge in [0.05, 0.1) is 7.11 Å². The average molecular weight is 284 g/mol. The van der Waals surface area contributed by atoms with Gasteiger partial charge < -0.3 is 10.1 Å². The van der Waals surface area contributed by atoms with Gasteiger partial charge >= 0.3 is 0 Å². The predicted molar refractivity (Wildman–Crippen MR) is 86.7 cm³/mol. The molecule has 1 unspecified atom stereocenters. The van der Waals surface area contributed by atoms with E-state index in [-0.39, 0.29) is 6.04 Å². The summed E-state index contributed by atoms with van der Waals surface area (Å²) in [6.07, 6.45) is 5.73. The second-order valence-electron chi connectivity index (χ2n) is 5.31. The molecule has 0 bridgehead atoms. The number of ether oxygens (including phenoxy) is 1. The smallest absolute Gasteiger partial charge is 0.122 e. The van der Waals surface area contributed by atoms with E-state index in [4.69, 9.17) is 4.74 Å². The van der Waals surface area contributed by atoms with Crippen molar-refractivity contribution in [2.45, 2.75) is 32.7 Å². The minimum Gasteiger partial charge on any atom is -0.496 e. The standard InChI is InChI=1S/C18H24N2O/c1-4-9-20-17(15-7-10-19-11-8-15)13-16-12-14(2)5-6-18(16)21-3/h5-8,10-12,17,20H,4,9,13H2,1-3H3. The molecular formula is C18H24N2O. The summed E-state index contributed by atoms with van der Waals surface area (Å²) >= 11 is 0. The van der Waals surface area contributed by atoms with Gasteiger partial charge in [0.1, 0.15) is 5.75 Å². The molecule has 0 radical (unpaired) electrons. The van der Waals surface area contributed by atoms with Gasteiger partial charge in [-0.25, -0.2) is 0 Å². The molecule has 1 aromatic carbocycles. The van der Waals surface area contributed by atoms with Crippen molar-refractivity contribution in [2.75, 3.05) is 13.7 Å². The molecule has 21 heavy (non-hydrogen) atoms. The molecule has 0 saturated heterocycles. The van der Waals surface area contributed by atoms with E-state index < -0.39 is 0 Å². The fourth-order valence-corrected chi connectivity index (χ4v) is 2.51. The van der Waals surface area contributed by atoms with Gasteiger partial charge in [0.2, 0.25) is 0 Å². The van der Waals surface area contributed by atoms with Crippen molar-refractivity contribution >= 4 is 0 Å². The molecule has 2 aromatic rings. The van der Waals surface area contributed by atoms with Crippen LogP contribution in [0, 0.1) is 6.92 Å². The molecule has 0 aliphatic heterocycles. The lowest BCUT2D eigenvalue weighted by molar-refractivity contribution is 0.405. The highest BCUT2D eigenvalue weighted by Gasteiger charge is 2.14. The second-order valence-corrected chi connectivity index (χ2v) is 5.31. The molecule has 1 N–H and O–H groups in total. The van der Waals surface area contributed by atoms with Crippen LogP contribution in [0.4, 0.5) is 0 Å². The Balaban J connectivity index is 2.24. The maximum absolute atomic E-state index is 5.50. The van der Waals surface area contributed by atoms with Crippen molar-refractivity contribution < 1.29 is 4.74 Å². The van der Waals surface area contributed by atoms with Crippen LogP contribution in [0.2, 0.25) is 0 Å². The number of nitrogens with one attached hydrogen (secondary N) is 1. The predicted octanol–water partition coefficient (Wildman–Crippen LogP) is 3.68. The largest absolute Gasteiger partial charge is 0.496 e. The number of benzene rings is 1. The van der Waals surface area contributed by atoms with Crippen LogP contribution in [-0.4, -0.2) is 18.6 Å². The lowest BCUT2D eigenvalue weighted by atomic mass is 9.97. The van der Waals surface area contributed by atoms with Gasteiger partial charge in [-0.05, 0) is 55.6 Å². The first kappa shape index (κ1) is 15.5. The Hall–Kier alpha value is -1.87. The van der Waals surface area contributed by atoms with Crippen LogP contribution in [-0.2, 0) is 6.42 Å². The van der Waals surface area contributed by atoms with Gasteiger partial charge in [0.25, 0.3) is 0 Å². The third-order valence-corrected chi connectivity index (χ3v) is 3.61. The van der Waals surface area contributed by atoms with Crippen LogP contribution in [0.25, 0.3) is 0 Å². The fourth-order valence-electron chi connectivity index (χ4n) is 2.51. The lowest BCUT2D eigenvalue weighted by Crippen LogP contribution is -2.24. The molecule has 3 heteroatoms. The van der Waals surface area contributed by atoms with Crippen molar-refractivity contribution in [2.24, 2.45) is 0 Å². The molecule has 3 nitrogen and oxygen atoms in total. The first-order valence-corrected chi connectivity index (χ1v) is 7.51. The van der Waals surface area contributed by atoms with E-state index in [1.165, 1.54) is 16.7 Å². The summed E-state index contributed by atoms with van der Waals surface area (Å²) in [4.78, 5) is 4.11. The van der Waals surface area contributed by atoms with Crippen LogP contribution in [0.3, 0.4) is 0 Å². The fraction of sp³-hybridized carbons (Fsp3) is 0.389. The van der Waals surface area contributed by atoms with Gasteiger partial charge in [0.15, 0.2) is 0 Å². The zero-order valence-corrected chi connectivity index (χ0v) is 13.1. The highest BCUT2D eigenvalue weighted by Crippen LogP contribution is 2.26. The summed E-state index contributed by atoms with van der Waals surface area (Å²) in [6.45, 7) is 5.30. The SMILES string of the molecule is CCCNC(Cc1cc(C)ccc1OC)c1ccncc1. The molecule has 0 fully saturated rings. The number of rotatable bonds is 7. The van der Waals surface area contributed by atoms with Crippen molar-refractivity contribution in [1.29, 1.82) is 0 Å². The van der Waals surface area contributed by atoms with Gasteiger partial charge in [-0.1, -0.05) is 24.6 Å². The van der Waals surface area contributed by atoms with Crippen LogP contribution in [0.1, 0.15) is 36.1 Å². The monoisotopic (exact) mass is 284 g/mol. The van der Waals surface area contributed by atoms with Gasteiger partial charge in [0, 0.05) is 18.4 Å². The Bertz CT molecular complexity index is 554. The number of hydrogen-bond donors (Lipinski definition) is 1. The van der Waals surface area contributed by atoms with E-state index in [9.17, 15) is 0 Å². The Kier molecular flexibility index (Phi) is 5.76. The van der Waals surface area contributed by atoms with E-state index in [0.717, 1.165) is 25.1 Å². The van der Waals surface area contributed by atoms with Crippen molar-refractivity contribution in [1.82, 2.24) is 10.3 Å². The summed E-state index contributed by atoms with van der Waals surface area (Å²) in [7, 11) is 1.73. The Morgan fingerprint density at radius 2 is 1.95 bits per heavy atom. The van der Waals surface area contributed by atoms with E-state index in [2.05, 4.69) is 48.4 Å². The quantitative estimate of drug-likeness (QED) is 0.842. The van der Waals surface area contributed by atoms with E-state index in [1.54, 1.807) is 7.11 Å². The average Bonchev–Trinajstić information content (AvgIpc) is 2.52. The second kappa shape index (κ2) is 7.79. The summed E-state index contributed by atoms with van der Waals surface area (Å²) in [5, 5.41) is 3.62. The zero-order valence-electron chi connectivity index (χ0n) is 13.1. The molecule has 0 aliphatic carbocycles. The molecule has 1 atom stereocenters. The number of hydrogen-bond acceptors (Lipinski definition) is 3. The van der Waals surface area contributed by atoms with E-state index in [0.29, 0.717) is 0 Å². The van der Waals surface area contributed by atoms with Crippen molar-refractivity contribution in [3.05, 3.63) is 59.4 Å². The third-order valence-electron chi connectivity index (χ3n) is 3.61. The number of methoxy groups -OCH3 is 1. The summed E-state index contributed by atoms with van der Waals surface area (Å²) < 4.78 is 5.50. The molecule has 2 rings (SSSR count). The molecule has 1 heterocycles. The normalized spacial score (nSPS) is 12.1. The van der Waals surface area contributed by atoms with Crippen LogP contribution >= 0.6 is 0 Å². The Labute approximate surface area is 127 Å². The number of aryl methyl sites for hydroxylation is 1. The van der Waals surface area contributed by atoms with Crippen LogP contribution in [0.15, 0.2) is 42.7 Å². The topological polar surface area (TPSA) is 34.1 Å². The highest BCUT2D eigenvalue weighted by molar-refractivity contribution is 5.38. The van der Waals surface area contributed by atoms with Gasteiger partial charge in [-0.15, -0.1) is 0 Å². The molecule has 0 spiro atoms. The van der Waals surface area contributed by atoms with Crippen molar-refractivity contribution in [3.8, 4) is 5.75 Å². The van der Waals surface area contributed by atoms with Gasteiger partial charge in [-0.2, -0.15) is 0 Å². The van der Waals surface area contributed by atoms with E-state index in [1.807, 2.05) is 18.5 Å². The number of nitrogens with zero attached hydrogens (tertiary/aromatic N) is 1. The number of pyridine rings is 1. The van der Waals surface area contributed by atoms with E-state index >= 15 is 0 Å². The third kappa shape index (κ3) is 4.30. The molecule has 112 valence electrons. The summed E-state index contributed by atoms with van der Waals surface area (Å²) in [5.74, 6) is 0.956. The Morgan fingerprint density at radius 1 is 1.19 bits per heavy atom. The van der Waals surface area contributed by atoms with Crippen LogP contribution in [0.5, 0.6) is 5.75 Å². The maximum atomic E-state index is 5.50.